The number of nitrogens with zero attached hydrogens (tertiary/aromatic N) is 4. The summed E-state index contributed by atoms with van der Waals surface area (Å²) in [6.45, 7) is 1.58. The molecule has 0 atom stereocenters. The molecule has 1 aromatic heterocycles. The van der Waals surface area contributed by atoms with Gasteiger partial charge in [-0.1, -0.05) is 35.9 Å². The lowest BCUT2D eigenvalue weighted by molar-refractivity contribution is -0.137. The summed E-state index contributed by atoms with van der Waals surface area (Å²) in [6, 6.07) is 21.7. The molecule has 0 radical (unpaired) electrons. The van der Waals surface area contributed by atoms with Gasteiger partial charge in [0.05, 0.1) is 23.5 Å². The van der Waals surface area contributed by atoms with Crippen LogP contribution in [0.25, 0.3) is 0 Å². The SMILES string of the molecule is N#Cc1ccc(Cn2cncc2CCN(Cc2cccc(Cl)c2)C(=S)Nc2ccc(C(F)(F)F)cc2)cc1. The fourth-order valence-corrected chi connectivity index (χ4v) is 4.37. The zero-order valence-corrected chi connectivity index (χ0v) is 21.7. The molecule has 0 amide bonds. The molecule has 5 nitrogen and oxygen atoms in total. The molecule has 0 saturated heterocycles. The third kappa shape index (κ3) is 7.34. The number of hydrogen-bond acceptors (Lipinski definition) is 3. The van der Waals surface area contributed by atoms with Crippen molar-refractivity contribution in [2.45, 2.75) is 25.7 Å². The topological polar surface area (TPSA) is 56.9 Å². The van der Waals surface area contributed by atoms with Gasteiger partial charge < -0.3 is 14.8 Å². The van der Waals surface area contributed by atoms with Crippen LogP contribution in [0.3, 0.4) is 0 Å². The van der Waals surface area contributed by atoms with Crippen LogP contribution in [0.2, 0.25) is 5.02 Å². The van der Waals surface area contributed by atoms with Gasteiger partial charge in [-0.25, -0.2) is 4.98 Å². The van der Waals surface area contributed by atoms with E-state index in [1.54, 1.807) is 30.7 Å². The highest BCUT2D eigenvalue weighted by Gasteiger charge is 2.30. The maximum absolute atomic E-state index is 12.9. The summed E-state index contributed by atoms with van der Waals surface area (Å²) in [5, 5.41) is 13.1. The summed E-state index contributed by atoms with van der Waals surface area (Å²) >= 11 is 11.8. The van der Waals surface area contributed by atoms with Crippen molar-refractivity contribution in [3.8, 4) is 6.07 Å². The second-order valence-electron chi connectivity index (χ2n) is 8.63. The van der Waals surface area contributed by atoms with E-state index in [0.29, 0.717) is 47.4 Å². The minimum atomic E-state index is -4.40. The van der Waals surface area contributed by atoms with Crippen molar-refractivity contribution in [3.63, 3.8) is 0 Å². The number of aromatic nitrogens is 2. The maximum atomic E-state index is 12.9. The van der Waals surface area contributed by atoms with Gasteiger partial charge in [-0.05, 0) is 71.9 Å². The van der Waals surface area contributed by atoms with Crippen LogP contribution in [0, 0.1) is 11.3 Å². The Kier molecular flexibility index (Phi) is 8.66. The lowest BCUT2D eigenvalue weighted by Crippen LogP contribution is -2.36. The largest absolute Gasteiger partial charge is 0.416 e. The van der Waals surface area contributed by atoms with Gasteiger partial charge >= 0.3 is 6.18 Å². The van der Waals surface area contributed by atoms with Gasteiger partial charge in [0.25, 0.3) is 0 Å². The van der Waals surface area contributed by atoms with Crippen molar-refractivity contribution in [1.29, 1.82) is 5.26 Å². The van der Waals surface area contributed by atoms with Gasteiger partial charge in [0.1, 0.15) is 0 Å². The van der Waals surface area contributed by atoms with E-state index in [1.807, 2.05) is 39.8 Å². The van der Waals surface area contributed by atoms with Crippen molar-refractivity contribution in [2.75, 3.05) is 11.9 Å². The molecule has 0 aliphatic carbocycles. The predicted octanol–water partition coefficient (Wildman–Crippen LogP) is 6.92. The van der Waals surface area contributed by atoms with Gasteiger partial charge in [0.15, 0.2) is 5.11 Å². The van der Waals surface area contributed by atoms with E-state index in [1.165, 1.54) is 12.1 Å². The molecule has 194 valence electrons. The summed E-state index contributed by atoms with van der Waals surface area (Å²) in [5.41, 5.74) is 3.32. The van der Waals surface area contributed by atoms with Crippen LogP contribution in [-0.2, 0) is 25.7 Å². The first-order valence-electron chi connectivity index (χ1n) is 11.7. The summed E-state index contributed by atoms with van der Waals surface area (Å²) in [6.07, 6.45) is -0.231. The number of imidazole rings is 1. The molecule has 0 spiro atoms. The Bertz CT molecular complexity index is 1430. The van der Waals surface area contributed by atoms with E-state index in [-0.39, 0.29) is 0 Å². The molecule has 0 fully saturated rings. The van der Waals surface area contributed by atoms with Crippen molar-refractivity contribution in [2.24, 2.45) is 0 Å². The summed E-state index contributed by atoms with van der Waals surface area (Å²) < 4.78 is 40.9. The molecule has 3 aromatic carbocycles. The van der Waals surface area contributed by atoms with Gasteiger partial charge in [-0.2, -0.15) is 18.4 Å². The molecule has 10 heteroatoms. The standard InChI is InChI=1S/C28H23ClF3N5S/c29-24-3-1-2-22(14-24)18-36(27(38)35-25-10-8-23(9-11-25)28(30,31)32)13-12-26-16-34-19-37(26)17-21-6-4-20(15-33)5-7-21/h1-11,14,16,19H,12-13,17-18H2,(H,35,38). The molecule has 0 aliphatic rings. The minimum absolute atomic E-state index is 0.378. The highest BCUT2D eigenvalue weighted by atomic mass is 35.5. The van der Waals surface area contributed by atoms with Crippen LogP contribution < -0.4 is 5.32 Å². The molecule has 4 aromatic rings. The van der Waals surface area contributed by atoms with Crippen LogP contribution in [0.4, 0.5) is 18.9 Å². The van der Waals surface area contributed by atoms with Crippen LogP contribution in [0.5, 0.6) is 0 Å². The highest BCUT2D eigenvalue weighted by molar-refractivity contribution is 7.80. The van der Waals surface area contributed by atoms with E-state index in [0.717, 1.165) is 29.0 Å². The van der Waals surface area contributed by atoms with Crippen LogP contribution in [0.15, 0.2) is 85.3 Å². The summed E-state index contributed by atoms with van der Waals surface area (Å²) in [5.74, 6) is 0. The first kappa shape index (κ1) is 27.2. The zero-order valence-electron chi connectivity index (χ0n) is 20.1. The number of halogens is 4. The van der Waals surface area contributed by atoms with Crippen molar-refractivity contribution >= 4 is 34.6 Å². The Balaban J connectivity index is 1.48. The van der Waals surface area contributed by atoms with Crippen LogP contribution >= 0.6 is 23.8 Å². The van der Waals surface area contributed by atoms with Crippen molar-refractivity contribution in [3.05, 3.63) is 118 Å². The zero-order chi connectivity index (χ0) is 27.1. The predicted molar refractivity (Wildman–Crippen MR) is 146 cm³/mol. The molecule has 1 N–H and O–H groups in total. The second-order valence-corrected chi connectivity index (χ2v) is 9.45. The van der Waals surface area contributed by atoms with Gasteiger partial charge in [0, 0.05) is 48.7 Å². The smallest absolute Gasteiger partial charge is 0.344 e. The van der Waals surface area contributed by atoms with Gasteiger partial charge in [-0.15, -0.1) is 0 Å². The number of rotatable bonds is 8. The molecule has 0 bridgehead atoms. The van der Waals surface area contributed by atoms with E-state index in [9.17, 15) is 13.2 Å². The molecule has 4 rings (SSSR count). The second kappa shape index (κ2) is 12.1. The van der Waals surface area contributed by atoms with E-state index >= 15 is 0 Å². The first-order valence-corrected chi connectivity index (χ1v) is 12.5. The number of hydrogen-bond donors (Lipinski definition) is 1. The van der Waals surface area contributed by atoms with Gasteiger partial charge in [0.2, 0.25) is 0 Å². The number of anilines is 1. The fourth-order valence-electron chi connectivity index (χ4n) is 3.88. The number of alkyl halides is 3. The summed E-state index contributed by atoms with van der Waals surface area (Å²) in [7, 11) is 0. The number of nitrogens with one attached hydrogen (secondary N) is 1. The quantitative estimate of drug-likeness (QED) is 0.240. The first-order chi connectivity index (χ1) is 18.2. The van der Waals surface area contributed by atoms with Crippen LogP contribution in [-0.4, -0.2) is 26.1 Å². The van der Waals surface area contributed by atoms with Crippen molar-refractivity contribution < 1.29 is 13.2 Å². The third-order valence-corrected chi connectivity index (χ3v) is 6.48. The molecule has 0 aliphatic heterocycles. The highest BCUT2D eigenvalue weighted by Crippen LogP contribution is 2.30. The lowest BCUT2D eigenvalue weighted by Gasteiger charge is -2.26. The maximum Gasteiger partial charge on any atom is 0.416 e. The lowest BCUT2D eigenvalue weighted by atomic mass is 10.1. The van der Waals surface area contributed by atoms with E-state index in [4.69, 9.17) is 29.1 Å². The Morgan fingerprint density at radius 3 is 2.45 bits per heavy atom. The molecule has 0 saturated carbocycles. The number of benzene rings is 3. The Morgan fingerprint density at radius 1 is 1.05 bits per heavy atom. The molecular weight excluding hydrogens is 531 g/mol. The normalized spacial score (nSPS) is 11.1. The fraction of sp³-hybridized carbons (Fsp3) is 0.179. The van der Waals surface area contributed by atoms with E-state index < -0.39 is 11.7 Å². The average Bonchev–Trinajstić information content (AvgIpc) is 3.33. The third-order valence-electron chi connectivity index (χ3n) is 5.89. The van der Waals surface area contributed by atoms with Crippen LogP contribution in [0.1, 0.15) is 27.9 Å². The molecule has 1 heterocycles. The molecule has 38 heavy (non-hydrogen) atoms. The number of thiocarbonyl (C=S) groups is 1. The molecular formula is C28H23ClF3N5S. The Labute approximate surface area is 229 Å². The monoisotopic (exact) mass is 553 g/mol. The summed E-state index contributed by atoms with van der Waals surface area (Å²) in [4.78, 5) is 6.24. The minimum Gasteiger partial charge on any atom is -0.344 e. The van der Waals surface area contributed by atoms with E-state index in [2.05, 4.69) is 16.4 Å². The van der Waals surface area contributed by atoms with Crippen molar-refractivity contribution in [1.82, 2.24) is 14.5 Å². The molecule has 0 unspecified atom stereocenters. The Morgan fingerprint density at radius 2 is 1.79 bits per heavy atom. The van der Waals surface area contributed by atoms with Gasteiger partial charge in [-0.3, -0.25) is 0 Å². The Hall–Kier alpha value is -3.87. The number of nitriles is 1. The average molecular weight is 554 g/mol.